The number of hydrogen-bond donors (Lipinski definition) is 1. The van der Waals surface area contributed by atoms with E-state index in [1.165, 1.54) is 0 Å². The van der Waals surface area contributed by atoms with Gasteiger partial charge in [0, 0.05) is 25.4 Å². The molecule has 1 aromatic rings. The second-order valence-corrected chi connectivity index (χ2v) is 8.24. The summed E-state index contributed by atoms with van der Waals surface area (Å²) in [4.78, 5) is 35.2. The monoisotopic (exact) mass is 357 g/mol. The highest BCUT2D eigenvalue weighted by atomic mass is 16.7. The number of H-pyrrole nitrogens is 1. The van der Waals surface area contributed by atoms with Gasteiger partial charge in [-0.1, -0.05) is 5.16 Å². The smallest absolute Gasteiger partial charge is 0.272 e. The molecule has 3 fully saturated rings. The van der Waals surface area contributed by atoms with Gasteiger partial charge in [-0.3, -0.25) is 14.7 Å². The Balaban J connectivity index is 1.27. The van der Waals surface area contributed by atoms with Gasteiger partial charge in [-0.05, 0) is 38.7 Å². The number of nitrogens with zero attached hydrogens (tertiary/aromatic N) is 4. The first-order valence-electron chi connectivity index (χ1n) is 9.33. The maximum absolute atomic E-state index is 13.1. The Morgan fingerprint density at radius 2 is 2.00 bits per heavy atom. The topological polar surface area (TPSA) is 90.9 Å². The Kier molecular flexibility index (Phi) is 3.24. The van der Waals surface area contributed by atoms with Crippen molar-refractivity contribution in [3.8, 4) is 0 Å². The van der Waals surface area contributed by atoms with E-state index < -0.39 is 5.60 Å². The molecule has 2 bridgehead atoms. The van der Waals surface area contributed by atoms with Crippen LogP contribution in [0.5, 0.6) is 0 Å². The number of amides is 2. The van der Waals surface area contributed by atoms with E-state index in [2.05, 4.69) is 15.4 Å². The summed E-state index contributed by atoms with van der Waals surface area (Å²) in [5, 5.41) is 10.9. The van der Waals surface area contributed by atoms with Crippen LogP contribution in [0.15, 0.2) is 11.4 Å². The third kappa shape index (κ3) is 2.27. The number of aromatic nitrogens is 2. The molecule has 1 saturated carbocycles. The standard InChI is InChI=1S/C18H23N5O3/c1-10-7-19-20-15(10)16(24)22-8-13-5-12(22)9-23(13)17(25)18(2)6-14(21-26-18)11-3-4-11/h7,11-13H,3-6,8-9H2,1-2H3,(H,19,20)/t12-,13-,18?/m0/s1. The minimum absolute atomic E-state index is 0.00854. The van der Waals surface area contributed by atoms with Gasteiger partial charge in [0.2, 0.25) is 5.60 Å². The minimum Gasteiger partial charge on any atom is -0.379 e. The van der Waals surface area contributed by atoms with Crippen LogP contribution in [0.4, 0.5) is 0 Å². The van der Waals surface area contributed by atoms with E-state index in [-0.39, 0.29) is 23.9 Å². The molecule has 5 rings (SSSR count). The first-order chi connectivity index (χ1) is 12.5. The zero-order valence-corrected chi connectivity index (χ0v) is 15.1. The van der Waals surface area contributed by atoms with E-state index in [1.807, 2.05) is 23.6 Å². The second-order valence-electron chi connectivity index (χ2n) is 8.24. The minimum atomic E-state index is -0.878. The van der Waals surface area contributed by atoms with Crippen molar-refractivity contribution < 1.29 is 14.4 Å². The number of nitrogens with one attached hydrogen (secondary N) is 1. The summed E-state index contributed by atoms with van der Waals surface area (Å²) in [6.07, 6.45) is 5.40. The molecule has 3 aliphatic heterocycles. The second kappa shape index (κ2) is 5.31. The lowest BCUT2D eigenvalue weighted by Crippen LogP contribution is -2.56. The lowest BCUT2D eigenvalue weighted by molar-refractivity contribution is -0.155. The number of carbonyl (C=O) groups excluding carboxylic acids is 2. The molecule has 4 heterocycles. The molecule has 138 valence electrons. The molecular weight excluding hydrogens is 334 g/mol. The molecule has 3 atom stereocenters. The zero-order valence-electron chi connectivity index (χ0n) is 15.1. The lowest BCUT2D eigenvalue weighted by atomic mass is 9.95. The predicted molar refractivity (Wildman–Crippen MR) is 92.5 cm³/mol. The Labute approximate surface area is 151 Å². The van der Waals surface area contributed by atoms with Gasteiger partial charge in [-0.15, -0.1) is 0 Å². The van der Waals surface area contributed by atoms with Gasteiger partial charge in [0.1, 0.15) is 5.69 Å². The number of likely N-dealkylation sites (tertiary alicyclic amines) is 2. The molecular formula is C18H23N5O3. The lowest BCUT2D eigenvalue weighted by Gasteiger charge is -2.37. The van der Waals surface area contributed by atoms with Gasteiger partial charge < -0.3 is 14.6 Å². The summed E-state index contributed by atoms with van der Waals surface area (Å²) < 4.78 is 0. The number of fused-ring (bicyclic) bond motifs is 2. The Morgan fingerprint density at radius 3 is 2.62 bits per heavy atom. The van der Waals surface area contributed by atoms with Crippen LogP contribution < -0.4 is 0 Å². The average molecular weight is 357 g/mol. The molecule has 8 nitrogen and oxygen atoms in total. The number of piperazine rings is 1. The van der Waals surface area contributed by atoms with Crippen molar-refractivity contribution in [2.45, 2.75) is 57.2 Å². The zero-order chi connectivity index (χ0) is 18.1. The van der Waals surface area contributed by atoms with E-state index in [9.17, 15) is 9.59 Å². The molecule has 2 saturated heterocycles. The Morgan fingerprint density at radius 1 is 1.27 bits per heavy atom. The van der Waals surface area contributed by atoms with E-state index in [4.69, 9.17) is 4.84 Å². The molecule has 1 N–H and O–H groups in total. The summed E-state index contributed by atoms with van der Waals surface area (Å²) >= 11 is 0. The first kappa shape index (κ1) is 15.8. The molecule has 2 amide bonds. The number of aromatic amines is 1. The molecule has 1 unspecified atom stereocenters. The first-order valence-corrected chi connectivity index (χ1v) is 9.33. The van der Waals surface area contributed by atoms with Crippen LogP contribution in [0.1, 0.15) is 48.7 Å². The summed E-state index contributed by atoms with van der Waals surface area (Å²) in [6.45, 7) is 4.86. The van der Waals surface area contributed by atoms with E-state index in [1.54, 1.807) is 6.20 Å². The number of aryl methyl sites for hydroxylation is 1. The molecule has 26 heavy (non-hydrogen) atoms. The van der Waals surface area contributed by atoms with Crippen molar-refractivity contribution in [2.24, 2.45) is 11.1 Å². The summed E-state index contributed by atoms with van der Waals surface area (Å²) in [5.41, 5.74) is 1.56. The normalized spacial score (nSPS) is 32.8. The van der Waals surface area contributed by atoms with Crippen molar-refractivity contribution in [1.82, 2.24) is 20.0 Å². The molecule has 8 heteroatoms. The van der Waals surface area contributed by atoms with Crippen LogP contribution in [-0.4, -0.2) is 68.3 Å². The predicted octanol–water partition coefficient (Wildman–Crippen LogP) is 1.09. The molecule has 0 radical (unpaired) electrons. The van der Waals surface area contributed by atoms with Gasteiger partial charge >= 0.3 is 0 Å². The van der Waals surface area contributed by atoms with Gasteiger partial charge in [-0.2, -0.15) is 5.10 Å². The van der Waals surface area contributed by atoms with Gasteiger partial charge in [-0.25, -0.2) is 0 Å². The highest BCUT2D eigenvalue weighted by Crippen LogP contribution is 2.40. The van der Waals surface area contributed by atoms with Crippen LogP contribution in [0.3, 0.4) is 0 Å². The van der Waals surface area contributed by atoms with Gasteiger partial charge in [0.05, 0.1) is 24.0 Å². The largest absolute Gasteiger partial charge is 0.379 e. The third-order valence-corrected chi connectivity index (χ3v) is 6.19. The average Bonchev–Trinajstić information content (AvgIpc) is 2.99. The Hall–Kier alpha value is -2.38. The number of hydrogen-bond acceptors (Lipinski definition) is 5. The molecule has 1 aromatic heterocycles. The van der Waals surface area contributed by atoms with Crippen LogP contribution in [0.25, 0.3) is 0 Å². The van der Waals surface area contributed by atoms with Crippen molar-refractivity contribution in [2.75, 3.05) is 13.1 Å². The summed E-state index contributed by atoms with van der Waals surface area (Å²) in [6, 6.07) is 0.123. The van der Waals surface area contributed by atoms with Crippen LogP contribution in [0.2, 0.25) is 0 Å². The van der Waals surface area contributed by atoms with Crippen molar-refractivity contribution in [3.05, 3.63) is 17.5 Å². The highest BCUT2D eigenvalue weighted by molar-refractivity contribution is 5.98. The number of oxime groups is 1. The van der Waals surface area contributed by atoms with Crippen molar-refractivity contribution in [1.29, 1.82) is 0 Å². The van der Waals surface area contributed by atoms with E-state index >= 15 is 0 Å². The van der Waals surface area contributed by atoms with Gasteiger partial charge in [0.25, 0.3) is 11.8 Å². The highest BCUT2D eigenvalue weighted by Gasteiger charge is 2.54. The fourth-order valence-electron chi connectivity index (χ4n) is 4.49. The molecule has 4 aliphatic rings. The molecule has 0 aromatic carbocycles. The van der Waals surface area contributed by atoms with Gasteiger partial charge in [0.15, 0.2) is 0 Å². The SMILES string of the molecule is Cc1cn[nH]c1C(=O)N1C[C@@H]2C[C@H]1CN2C(=O)C1(C)CC(C2CC2)=NO1. The molecule has 1 aliphatic carbocycles. The number of rotatable bonds is 3. The maximum Gasteiger partial charge on any atom is 0.272 e. The molecule has 0 spiro atoms. The van der Waals surface area contributed by atoms with Crippen LogP contribution in [0, 0.1) is 12.8 Å². The van der Waals surface area contributed by atoms with E-state index in [0.29, 0.717) is 31.1 Å². The maximum atomic E-state index is 13.1. The van der Waals surface area contributed by atoms with Crippen LogP contribution in [-0.2, 0) is 9.63 Å². The summed E-state index contributed by atoms with van der Waals surface area (Å²) in [5.74, 6) is 0.502. The van der Waals surface area contributed by atoms with E-state index in [0.717, 1.165) is 30.5 Å². The van der Waals surface area contributed by atoms with Crippen molar-refractivity contribution in [3.63, 3.8) is 0 Å². The fraction of sp³-hybridized carbons (Fsp3) is 0.667. The fourth-order valence-corrected chi connectivity index (χ4v) is 4.49. The van der Waals surface area contributed by atoms with Crippen LogP contribution >= 0.6 is 0 Å². The summed E-state index contributed by atoms with van der Waals surface area (Å²) in [7, 11) is 0. The third-order valence-electron chi connectivity index (χ3n) is 6.19. The quantitative estimate of drug-likeness (QED) is 0.877. The number of carbonyl (C=O) groups is 2. The van der Waals surface area contributed by atoms with Crippen molar-refractivity contribution >= 4 is 17.5 Å². The Bertz CT molecular complexity index is 814.